The molecule has 0 fully saturated rings. The quantitative estimate of drug-likeness (QED) is 0.298. The van der Waals surface area contributed by atoms with Crippen molar-refractivity contribution >= 4 is 45.6 Å². The molecule has 0 atom stereocenters. The van der Waals surface area contributed by atoms with Crippen LogP contribution in [0.3, 0.4) is 0 Å². The van der Waals surface area contributed by atoms with Crippen LogP contribution in [0.15, 0.2) is 54.6 Å². The van der Waals surface area contributed by atoms with Crippen LogP contribution in [0, 0.1) is 0 Å². The summed E-state index contributed by atoms with van der Waals surface area (Å²) >= 11 is 0. The molecule has 5 rings (SSSR count). The highest BCUT2D eigenvalue weighted by Gasteiger charge is 2.18. The second-order valence-corrected chi connectivity index (χ2v) is 5.30. The summed E-state index contributed by atoms with van der Waals surface area (Å²) in [5.74, 6) is 1.77. The molecule has 0 bridgehead atoms. The van der Waals surface area contributed by atoms with Crippen LogP contribution in [-0.4, -0.2) is 7.85 Å². The van der Waals surface area contributed by atoms with E-state index in [2.05, 4.69) is 30.3 Å². The van der Waals surface area contributed by atoms with Gasteiger partial charge in [0.1, 0.15) is 19.3 Å². The molecule has 1 aliphatic rings. The Hall–Kier alpha value is -2.48. The van der Waals surface area contributed by atoms with Crippen molar-refractivity contribution in [3.8, 4) is 11.5 Å². The summed E-state index contributed by atoms with van der Waals surface area (Å²) in [5.41, 5.74) is 0.735. The maximum Gasteiger partial charge on any atom is 0.135 e. The summed E-state index contributed by atoms with van der Waals surface area (Å²) in [6, 6.07) is 18.7. The summed E-state index contributed by atoms with van der Waals surface area (Å²) in [4.78, 5) is 0. The fourth-order valence-electron chi connectivity index (χ4n) is 3.29. The lowest BCUT2D eigenvalue weighted by atomic mass is 9.88. The standard InChI is InChI=1S/C18H9BO/c19-13-8-12-7-6-11-5-4-10-2-1-3-14-16(10)18(11)17(12)15(9-13)20-14/h1-9H. The number of benzene rings is 4. The first-order chi connectivity index (χ1) is 9.81. The Labute approximate surface area is 117 Å². The molecule has 0 N–H and O–H groups in total. The van der Waals surface area contributed by atoms with E-state index >= 15 is 0 Å². The highest BCUT2D eigenvalue weighted by molar-refractivity contribution is 6.35. The molecule has 0 aromatic heterocycles. The SMILES string of the molecule is [B]c1cc2c3c(ccc4ccc5cccc(c5c43)O2)c1. The van der Waals surface area contributed by atoms with Gasteiger partial charge in [-0.15, -0.1) is 0 Å². The summed E-state index contributed by atoms with van der Waals surface area (Å²) in [5, 5.41) is 7.23. The lowest BCUT2D eigenvalue weighted by molar-refractivity contribution is 0.493. The normalized spacial score (nSPS) is 12.6. The van der Waals surface area contributed by atoms with Crippen molar-refractivity contribution in [1.29, 1.82) is 0 Å². The number of hydrogen-bond acceptors (Lipinski definition) is 1. The van der Waals surface area contributed by atoms with Crippen molar-refractivity contribution in [3.63, 3.8) is 0 Å². The average molecular weight is 252 g/mol. The first-order valence-electron chi connectivity index (χ1n) is 6.67. The van der Waals surface area contributed by atoms with Gasteiger partial charge < -0.3 is 4.74 Å². The Balaban J connectivity index is 2.22. The topological polar surface area (TPSA) is 9.23 Å². The first-order valence-corrected chi connectivity index (χ1v) is 6.67. The van der Waals surface area contributed by atoms with E-state index in [9.17, 15) is 0 Å². The molecule has 0 saturated carbocycles. The van der Waals surface area contributed by atoms with E-state index in [0.717, 1.165) is 22.3 Å². The molecular weight excluding hydrogens is 243 g/mol. The van der Waals surface area contributed by atoms with Gasteiger partial charge in [-0.1, -0.05) is 47.9 Å². The fraction of sp³-hybridized carbons (Fsp3) is 0. The van der Waals surface area contributed by atoms with Gasteiger partial charge >= 0.3 is 0 Å². The van der Waals surface area contributed by atoms with Crippen LogP contribution < -0.4 is 10.2 Å². The van der Waals surface area contributed by atoms with Crippen molar-refractivity contribution in [2.75, 3.05) is 0 Å². The van der Waals surface area contributed by atoms with Gasteiger partial charge in [0.2, 0.25) is 0 Å². The largest absolute Gasteiger partial charge is 0.456 e. The van der Waals surface area contributed by atoms with E-state index in [0.29, 0.717) is 0 Å². The second kappa shape index (κ2) is 3.34. The van der Waals surface area contributed by atoms with E-state index in [-0.39, 0.29) is 0 Å². The van der Waals surface area contributed by atoms with Crippen molar-refractivity contribution in [2.24, 2.45) is 0 Å². The fourth-order valence-corrected chi connectivity index (χ4v) is 3.29. The van der Waals surface area contributed by atoms with Crippen LogP contribution >= 0.6 is 0 Å². The van der Waals surface area contributed by atoms with Gasteiger partial charge in [-0.3, -0.25) is 0 Å². The summed E-state index contributed by atoms with van der Waals surface area (Å²) < 4.78 is 6.09. The highest BCUT2D eigenvalue weighted by atomic mass is 16.5. The van der Waals surface area contributed by atoms with Crippen molar-refractivity contribution in [1.82, 2.24) is 0 Å². The van der Waals surface area contributed by atoms with Gasteiger partial charge in [-0.05, 0) is 28.3 Å². The van der Waals surface area contributed by atoms with Crippen molar-refractivity contribution < 1.29 is 4.74 Å². The number of rotatable bonds is 0. The van der Waals surface area contributed by atoms with Crippen molar-refractivity contribution in [2.45, 2.75) is 0 Å². The third kappa shape index (κ3) is 1.14. The molecule has 0 saturated heterocycles. The summed E-state index contributed by atoms with van der Waals surface area (Å²) in [7, 11) is 5.98. The molecule has 20 heavy (non-hydrogen) atoms. The van der Waals surface area contributed by atoms with Gasteiger partial charge in [-0.2, -0.15) is 0 Å². The lowest BCUT2D eigenvalue weighted by Crippen LogP contribution is -2.04. The average Bonchev–Trinajstić information content (AvgIpc) is 2.46. The van der Waals surface area contributed by atoms with Crippen LogP contribution in [0.1, 0.15) is 0 Å². The van der Waals surface area contributed by atoms with Gasteiger partial charge in [0.05, 0.1) is 0 Å². The van der Waals surface area contributed by atoms with Crippen LogP contribution in [0.4, 0.5) is 0 Å². The van der Waals surface area contributed by atoms with Gasteiger partial charge in [0.25, 0.3) is 0 Å². The molecule has 0 amide bonds. The molecule has 1 nitrogen and oxygen atoms in total. The minimum Gasteiger partial charge on any atom is -0.456 e. The minimum absolute atomic E-state index is 0.735. The second-order valence-electron chi connectivity index (χ2n) is 5.30. The molecular formula is C18H9BO. The van der Waals surface area contributed by atoms with Crippen LogP contribution in [0.25, 0.3) is 32.3 Å². The number of hydrogen-bond donors (Lipinski definition) is 0. The zero-order valence-corrected chi connectivity index (χ0v) is 10.7. The predicted octanol–water partition coefficient (Wildman–Crippen LogP) is 4.05. The van der Waals surface area contributed by atoms with E-state index in [1.54, 1.807) is 0 Å². The van der Waals surface area contributed by atoms with Crippen LogP contribution in [0.5, 0.6) is 11.5 Å². The van der Waals surface area contributed by atoms with Crippen LogP contribution in [-0.2, 0) is 0 Å². The third-order valence-electron chi connectivity index (χ3n) is 4.11. The van der Waals surface area contributed by atoms with E-state index < -0.39 is 0 Å². The van der Waals surface area contributed by atoms with Crippen LogP contribution in [0.2, 0.25) is 0 Å². The Morgan fingerprint density at radius 3 is 2.20 bits per heavy atom. The molecule has 2 radical (unpaired) electrons. The molecule has 4 aromatic rings. The molecule has 0 aliphatic carbocycles. The Morgan fingerprint density at radius 1 is 0.650 bits per heavy atom. The Kier molecular flexibility index (Phi) is 1.73. The summed E-state index contributed by atoms with van der Waals surface area (Å²) in [6.07, 6.45) is 0. The lowest BCUT2D eigenvalue weighted by Gasteiger charge is -2.20. The molecule has 1 heterocycles. The Morgan fingerprint density at radius 2 is 1.35 bits per heavy atom. The maximum absolute atomic E-state index is 6.09. The number of ether oxygens (including phenoxy) is 1. The summed E-state index contributed by atoms with van der Waals surface area (Å²) in [6.45, 7) is 0. The maximum atomic E-state index is 6.09. The molecule has 90 valence electrons. The van der Waals surface area contributed by atoms with E-state index in [1.807, 2.05) is 24.3 Å². The smallest absolute Gasteiger partial charge is 0.135 e. The third-order valence-corrected chi connectivity index (χ3v) is 4.11. The zero-order valence-electron chi connectivity index (χ0n) is 10.7. The molecule has 1 aliphatic heterocycles. The monoisotopic (exact) mass is 252 g/mol. The van der Waals surface area contributed by atoms with E-state index in [1.165, 1.54) is 26.9 Å². The zero-order chi connectivity index (χ0) is 13.3. The van der Waals surface area contributed by atoms with E-state index in [4.69, 9.17) is 12.6 Å². The highest BCUT2D eigenvalue weighted by Crippen LogP contribution is 2.46. The van der Waals surface area contributed by atoms with Gasteiger partial charge in [-0.25, -0.2) is 0 Å². The minimum atomic E-state index is 0.735. The molecule has 0 spiro atoms. The Bertz CT molecular complexity index is 1030. The van der Waals surface area contributed by atoms with Gasteiger partial charge in [0.15, 0.2) is 0 Å². The van der Waals surface area contributed by atoms with Gasteiger partial charge in [0, 0.05) is 16.2 Å². The van der Waals surface area contributed by atoms with Crippen molar-refractivity contribution in [3.05, 3.63) is 54.6 Å². The molecule has 4 aromatic carbocycles. The first kappa shape index (κ1) is 10.3. The molecule has 0 unspecified atom stereocenters. The predicted molar refractivity (Wildman–Crippen MR) is 84.4 cm³/mol. The molecule has 2 heteroatoms.